The molecule has 0 atom stereocenters. The molecule has 1 heterocycles. The number of benzene rings is 1. The minimum absolute atomic E-state index is 0.265. The zero-order valence-corrected chi connectivity index (χ0v) is 22.0. The van der Waals surface area contributed by atoms with E-state index in [1.807, 2.05) is 0 Å². The summed E-state index contributed by atoms with van der Waals surface area (Å²) in [5.74, 6) is -1.98. The first-order chi connectivity index (χ1) is 16.5. The van der Waals surface area contributed by atoms with Gasteiger partial charge < -0.3 is 20.5 Å². The van der Waals surface area contributed by atoms with Crippen LogP contribution in [0.4, 0.5) is 5.69 Å². The molecule has 0 spiro atoms. The maximum Gasteiger partial charge on any atom is 0.344 e. The number of ether oxygens (including phenoxy) is 2. The zero-order valence-electron chi connectivity index (χ0n) is 22.0. The van der Waals surface area contributed by atoms with Gasteiger partial charge in [0.05, 0.1) is 12.3 Å². The van der Waals surface area contributed by atoms with Crippen LogP contribution in [0.1, 0.15) is 86.0 Å². The van der Waals surface area contributed by atoms with E-state index in [-0.39, 0.29) is 23.7 Å². The van der Waals surface area contributed by atoms with Crippen LogP contribution >= 0.6 is 0 Å². The van der Waals surface area contributed by atoms with Gasteiger partial charge in [0.2, 0.25) is 0 Å². The van der Waals surface area contributed by atoms with E-state index in [4.69, 9.17) is 15.2 Å². The van der Waals surface area contributed by atoms with Gasteiger partial charge in [-0.15, -0.1) is 0 Å². The van der Waals surface area contributed by atoms with Crippen molar-refractivity contribution in [3.05, 3.63) is 24.3 Å². The van der Waals surface area contributed by atoms with Crippen LogP contribution in [0.5, 0.6) is 5.75 Å². The quantitative estimate of drug-likeness (QED) is 0.260. The number of hydrogen-bond donors (Lipinski definition) is 2. The maximum absolute atomic E-state index is 13.0. The fraction of sp³-hybridized carbons (Fsp3) is 0.667. The Labute approximate surface area is 209 Å². The molecule has 1 saturated heterocycles. The molecule has 1 aromatic rings. The predicted octanol–water partition coefficient (Wildman–Crippen LogP) is 4.10. The number of carbonyl (C=O) groups is 3. The monoisotopic (exact) mass is 489 g/mol. The van der Waals surface area contributed by atoms with Gasteiger partial charge in [0.25, 0.3) is 0 Å². The summed E-state index contributed by atoms with van der Waals surface area (Å²) in [7, 11) is 0. The molecule has 35 heavy (non-hydrogen) atoms. The van der Waals surface area contributed by atoms with Crippen molar-refractivity contribution < 1.29 is 23.9 Å². The molecule has 196 valence electrons. The molecule has 2 rings (SSSR count). The fourth-order valence-corrected chi connectivity index (χ4v) is 5.07. The molecule has 1 aromatic carbocycles. The van der Waals surface area contributed by atoms with Crippen molar-refractivity contribution in [1.29, 1.82) is 0 Å². The van der Waals surface area contributed by atoms with Crippen LogP contribution in [0.15, 0.2) is 24.3 Å². The lowest BCUT2D eigenvalue weighted by atomic mass is 9.78. The molecule has 0 bridgehead atoms. The van der Waals surface area contributed by atoms with Gasteiger partial charge in [-0.05, 0) is 59.1 Å². The summed E-state index contributed by atoms with van der Waals surface area (Å²) in [5, 5.41) is 3.58. The predicted molar refractivity (Wildman–Crippen MR) is 137 cm³/mol. The number of nitrogens with zero attached hydrogens (tertiary/aromatic N) is 1. The SMILES string of the molecule is CCCCCCCCOC(=O)COc1ccccc1N(C(=O)C(N)=O)C1CC(C)(C)NC(C)(C)C1. The molecule has 8 heteroatoms. The third-order valence-electron chi connectivity index (χ3n) is 6.19. The second-order valence-corrected chi connectivity index (χ2v) is 10.7. The van der Waals surface area contributed by atoms with Crippen LogP contribution in [0.2, 0.25) is 0 Å². The first-order valence-electron chi connectivity index (χ1n) is 12.8. The smallest absolute Gasteiger partial charge is 0.344 e. The number of primary amides is 1. The third-order valence-corrected chi connectivity index (χ3v) is 6.19. The fourth-order valence-electron chi connectivity index (χ4n) is 5.07. The Morgan fingerprint density at radius 1 is 1.00 bits per heavy atom. The highest BCUT2D eigenvalue weighted by Gasteiger charge is 2.43. The highest BCUT2D eigenvalue weighted by molar-refractivity contribution is 6.40. The number of amides is 2. The van der Waals surface area contributed by atoms with Gasteiger partial charge in [-0.25, -0.2) is 4.79 Å². The molecule has 1 fully saturated rings. The standard InChI is InChI=1S/C27H43N3O5/c1-6-7-8-9-10-13-16-34-23(31)19-35-22-15-12-11-14-21(22)30(25(33)24(28)32)20-17-26(2,3)29-27(4,5)18-20/h11-12,14-15,20,29H,6-10,13,16-19H2,1-5H3,(H2,28,32). The summed E-state index contributed by atoms with van der Waals surface area (Å²) < 4.78 is 11.1. The van der Waals surface area contributed by atoms with Gasteiger partial charge in [-0.2, -0.15) is 0 Å². The molecule has 0 saturated carbocycles. The number of para-hydroxylation sites is 2. The minimum Gasteiger partial charge on any atom is -0.480 e. The number of nitrogens with two attached hydrogens (primary N) is 1. The average Bonchev–Trinajstić information content (AvgIpc) is 2.75. The maximum atomic E-state index is 13.0. The van der Waals surface area contributed by atoms with Crippen LogP contribution in [0.3, 0.4) is 0 Å². The number of piperidine rings is 1. The molecule has 0 radical (unpaired) electrons. The molecule has 1 aliphatic rings. The number of hydrogen-bond acceptors (Lipinski definition) is 6. The molecule has 3 N–H and O–H groups in total. The number of unbranched alkanes of at least 4 members (excludes halogenated alkanes) is 5. The summed E-state index contributed by atoms with van der Waals surface area (Å²) in [4.78, 5) is 38.7. The van der Waals surface area contributed by atoms with Gasteiger partial charge in [-0.3, -0.25) is 14.5 Å². The summed E-state index contributed by atoms with van der Waals surface area (Å²) in [5.41, 5.74) is 5.32. The Hall–Kier alpha value is -2.61. The van der Waals surface area contributed by atoms with Crippen molar-refractivity contribution in [2.45, 2.75) is 103 Å². The van der Waals surface area contributed by atoms with E-state index in [0.717, 1.165) is 19.3 Å². The third kappa shape index (κ3) is 9.17. The van der Waals surface area contributed by atoms with Gasteiger partial charge >= 0.3 is 17.8 Å². The topological polar surface area (TPSA) is 111 Å². The van der Waals surface area contributed by atoms with Crippen molar-refractivity contribution in [1.82, 2.24) is 5.32 Å². The summed E-state index contributed by atoms with van der Waals surface area (Å²) in [6.45, 7) is 10.5. The van der Waals surface area contributed by atoms with E-state index in [2.05, 4.69) is 39.9 Å². The number of nitrogens with one attached hydrogen (secondary N) is 1. The molecular formula is C27H43N3O5. The second-order valence-electron chi connectivity index (χ2n) is 10.7. The Balaban J connectivity index is 2.10. The number of esters is 1. The van der Waals surface area contributed by atoms with E-state index < -0.39 is 17.8 Å². The van der Waals surface area contributed by atoms with Crippen LogP contribution in [0, 0.1) is 0 Å². The molecule has 0 aromatic heterocycles. The van der Waals surface area contributed by atoms with Crippen molar-refractivity contribution in [3.8, 4) is 5.75 Å². The lowest BCUT2D eigenvalue weighted by Crippen LogP contribution is -2.63. The largest absolute Gasteiger partial charge is 0.480 e. The average molecular weight is 490 g/mol. The molecule has 0 aliphatic carbocycles. The van der Waals surface area contributed by atoms with Crippen molar-refractivity contribution in [3.63, 3.8) is 0 Å². The minimum atomic E-state index is -1.03. The van der Waals surface area contributed by atoms with E-state index in [1.54, 1.807) is 24.3 Å². The van der Waals surface area contributed by atoms with Crippen LogP contribution in [0.25, 0.3) is 0 Å². The lowest BCUT2D eigenvalue weighted by molar-refractivity contribution is -0.146. The summed E-state index contributed by atoms with van der Waals surface area (Å²) in [6.07, 6.45) is 7.87. The second kappa shape index (κ2) is 12.9. The molecular weight excluding hydrogens is 446 g/mol. The van der Waals surface area contributed by atoms with Crippen LogP contribution < -0.4 is 20.7 Å². The van der Waals surface area contributed by atoms with Crippen molar-refractivity contribution in [2.24, 2.45) is 5.73 Å². The lowest BCUT2D eigenvalue weighted by Gasteiger charge is -2.49. The van der Waals surface area contributed by atoms with Crippen molar-refractivity contribution in [2.75, 3.05) is 18.1 Å². The number of rotatable bonds is 12. The Bertz CT molecular complexity index is 852. The van der Waals surface area contributed by atoms with Crippen LogP contribution in [-0.2, 0) is 19.1 Å². The van der Waals surface area contributed by atoms with Gasteiger partial charge in [-0.1, -0.05) is 51.2 Å². The molecule has 8 nitrogen and oxygen atoms in total. The van der Waals surface area contributed by atoms with Gasteiger partial charge in [0, 0.05) is 17.1 Å². The van der Waals surface area contributed by atoms with Gasteiger partial charge in [0.1, 0.15) is 5.75 Å². The summed E-state index contributed by atoms with van der Waals surface area (Å²) in [6, 6.07) is 6.61. The normalized spacial score (nSPS) is 16.9. The highest BCUT2D eigenvalue weighted by Crippen LogP contribution is 2.37. The van der Waals surface area contributed by atoms with Gasteiger partial charge in [0.15, 0.2) is 6.61 Å². The summed E-state index contributed by atoms with van der Waals surface area (Å²) >= 11 is 0. The van der Waals surface area contributed by atoms with E-state index in [1.165, 1.54) is 24.2 Å². The Morgan fingerprint density at radius 2 is 1.60 bits per heavy atom. The highest BCUT2D eigenvalue weighted by atomic mass is 16.6. The van der Waals surface area contributed by atoms with E-state index in [0.29, 0.717) is 30.9 Å². The first kappa shape index (κ1) is 28.6. The molecule has 2 amide bonds. The van der Waals surface area contributed by atoms with E-state index >= 15 is 0 Å². The number of anilines is 1. The molecule has 1 aliphatic heterocycles. The van der Waals surface area contributed by atoms with Crippen LogP contribution in [-0.4, -0.2) is 48.1 Å². The number of carbonyl (C=O) groups excluding carboxylic acids is 3. The first-order valence-corrected chi connectivity index (χ1v) is 12.8. The van der Waals surface area contributed by atoms with Crippen molar-refractivity contribution >= 4 is 23.5 Å². The Kier molecular flexibility index (Phi) is 10.6. The Morgan fingerprint density at radius 3 is 2.23 bits per heavy atom. The zero-order chi connectivity index (χ0) is 26.1. The molecule has 0 unspecified atom stereocenters. The van der Waals surface area contributed by atoms with E-state index in [9.17, 15) is 14.4 Å².